The number of aromatic nitrogens is 3. The molecule has 0 atom stereocenters. The zero-order chi connectivity index (χ0) is 13.5. The topological polar surface area (TPSA) is 63.2 Å². The molecule has 19 heavy (non-hydrogen) atoms. The van der Waals surface area contributed by atoms with Crippen LogP contribution in [0.15, 0.2) is 12.7 Å². The molecule has 1 saturated heterocycles. The lowest BCUT2D eigenvalue weighted by molar-refractivity contribution is 0.332. The fourth-order valence-electron chi connectivity index (χ4n) is 2.02. The maximum atomic E-state index is 5.43. The van der Waals surface area contributed by atoms with Gasteiger partial charge in [-0.1, -0.05) is 12.7 Å². The monoisotopic (exact) mass is 263 g/mol. The van der Waals surface area contributed by atoms with Gasteiger partial charge in [-0.2, -0.15) is 15.0 Å². The molecule has 0 saturated carbocycles. The maximum absolute atomic E-state index is 5.43. The van der Waals surface area contributed by atoms with Crippen LogP contribution in [0.1, 0.15) is 26.2 Å². The molecular formula is C13H21N5O. The van der Waals surface area contributed by atoms with Crippen molar-refractivity contribution in [2.75, 3.05) is 36.5 Å². The van der Waals surface area contributed by atoms with E-state index in [1.165, 1.54) is 19.3 Å². The molecule has 6 nitrogen and oxygen atoms in total. The highest BCUT2D eigenvalue weighted by Gasteiger charge is 2.16. The van der Waals surface area contributed by atoms with Crippen LogP contribution in [0.3, 0.4) is 0 Å². The molecule has 0 spiro atoms. The summed E-state index contributed by atoms with van der Waals surface area (Å²) >= 11 is 0. The van der Waals surface area contributed by atoms with Gasteiger partial charge in [0.25, 0.3) is 0 Å². The molecule has 1 aliphatic heterocycles. The molecule has 2 heterocycles. The van der Waals surface area contributed by atoms with Gasteiger partial charge in [0.2, 0.25) is 11.9 Å². The second kappa shape index (κ2) is 6.92. The van der Waals surface area contributed by atoms with Crippen molar-refractivity contribution in [3.63, 3.8) is 0 Å². The van der Waals surface area contributed by atoms with E-state index in [1.807, 2.05) is 6.92 Å². The number of ether oxygens (including phenoxy) is 1. The van der Waals surface area contributed by atoms with Crippen LogP contribution >= 0.6 is 0 Å². The van der Waals surface area contributed by atoms with Crippen molar-refractivity contribution in [3.8, 4) is 6.01 Å². The van der Waals surface area contributed by atoms with E-state index in [0.717, 1.165) is 19.6 Å². The van der Waals surface area contributed by atoms with E-state index in [-0.39, 0.29) is 0 Å². The van der Waals surface area contributed by atoms with Crippen molar-refractivity contribution >= 4 is 11.9 Å². The van der Waals surface area contributed by atoms with E-state index < -0.39 is 0 Å². The number of hydrogen-bond acceptors (Lipinski definition) is 6. The molecule has 1 fully saturated rings. The first-order valence-corrected chi connectivity index (χ1v) is 6.82. The third-order valence-electron chi connectivity index (χ3n) is 2.91. The number of hydrogen-bond donors (Lipinski definition) is 1. The van der Waals surface area contributed by atoms with Gasteiger partial charge < -0.3 is 15.0 Å². The summed E-state index contributed by atoms with van der Waals surface area (Å²) in [6, 6.07) is 0.353. The summed E-state index contributed by atoms with van der Waals surface area (Å²) in [7, 11) is 0. The molecular weight excluding hydrogens is 242 g/mol. The number of nitrogens with one attached hydrogen (secondary N) is 1. The average Bonchev–Trinajstić information content (AvgIpc) is 2.46. The molecule has 1 N–H and O–H groups in total. The summed E-state index contributed by atoms with van der Waals surface area (Å²) in [6.45, 7) is 8.79. The van der Waals surface area contributed by atoms with Crippen LogP contribution in [0, 0.1) is 0 Å². The lowest BCUT2D eigenvalue weighted by Gasteiger charge is -2.26. The SMILES string of the molecule is C=CCOc1nc(NCC)nc(N2CCCCC2)n1. The molecule has 0 aromatic carbocycles. The van der Waals surface area contributed by atoms with Crippen molar-refractivity contribution in [3.05, 3.63) is 12.7 Å². The lowest BCUT2D eigenvalue weighted by Crippen LogP contribution is -2.31. The molecule has 1 aromatic rings. The van der Waals surface area contributed by atoms with Crippen molar-refractivity contribution in [1.82, 2.24) is 15.0 Å². The number of rotatable bonds is 6. The van der Waals surface area contributed by atoms with Gasteiger partial charge in [0.05, 0.1) is 0 Å². The zero-order valence-electron chi connectivity index (χ0n) is 11.4. The van der Waals surface area contributed by atoms with E-state index in [9.17, 15) is 0 Å². The molecule has 6 heteroatoms. The first-order valence-electron chi connectivity index (χ1n) is 6.82. The third-order valence-corrected chi connectivity index (χ3v) is 2.91. The summed E-state index contributed by atoms with van der Waals surface area (Å²) in [4.78, 5) is 15.2. The Morgan fingerprint density at radius 2 is 2.05 bits per heavy atom. The first kappa shape index (κ1) is 13.6. The molecule has 0 amide bonds. The standard InChI is InChI=1S/C13H21N5O/c1-3-10-19-13-16-11(14-4-2)15-12(17-13)18-8-6-5-7-9-18/h3H,1,4-10H2,2H3,(H,14,15,16,17). The van der Waals surface area contributed by atoms with Crippen LogP contribution in [-0.4, -0.2) is 41.2 Å². The van der Waals surface area contributed by atoms with Crippen molar-refractivity contribution in [2.24, 2.45) is 0 Å². The smallest absolute Gasteiger partial charge is 0.323 e. The third kappa shape index (κ3) is 3.81. The molecule has 1 aromatic heterocycles. The lowest BCUT2D eigenvalue weighted by atomic mass is 10.1. The van der Waals surface area contributed by atoms with Gasteiger partial charge in [-0.25, -0.2) is 0 Å². The summed E-state index contributed by atoms with van der Waals surface area (Å²) in [5, 5.41) is 3.11. The predicted molar refractivity (Wildman–Crippen MR) is 75.7 cm³/mol. The Balaban J connectivity index is 2.19. The van der Waals surface area contributed by atoms with Crippen molar-refractivity contribution in [1.29, 1.82) is 0 Å². The minimum Gasteiger partial charge on any atom is -0.459 e. The molecule has 1 aliphatic rings. The largest absolute Gasteiger partial charge is 0.459 e. The van der Waals surface area contributed by atoms with Crippen LogP contribution in [0.25, 0.3) is 0 Å². The Labute approximate surface area is 113 Å². The highest BCUT2D eigenvalue weighted by Crippen LogP contribution is 2.19. The van der Waals surface area contributed by atoms with Gasteiger partial charge in [0.15, 0.2) is 0 Å². The van der Waals surface area contributed by atoms with Gasteiger partial charge in [0, 0.05) is 19.6 Å². The normalized spacial score (nSPS) is 15.1. The van der Waals surface area contributed by atoms with E-state index in [0.29, 0.717) is 24.5 Å². The predicted octanol–water partition coefficient (Wildman–Crippen LogP) is 1.86. The second-order valence-electron chi connectivity index (χ2n) is 4.42. The summed E-state index contributed by atoms with van der Waals surface area (Å²) in [5.74, 6) is 1.27. The fraction of sp³-hybridized carbons (Fsp3) is 0.615. The zero-order valence-corrected chi connectivity index (χ0v) is 11.4. The highest BCUT2D eigenvalue weighted by molar-refractivity contribution is 5.38. The Morgan fingerprint density at radius 1 is 1.26 bits per heavy atom. The average molecular weight is 263 g/mol. The first-order chi connectivity index (χ1) is 9.33. The number of nitrogens with zero attached hydrogens (tertiary/aromatic N) is 4. The fourth-order valence-corrected chi connectivity index (χ4v) is 2.02. The van der Waals surface area contributed by atoms with Gasteiger partial charge in [-0.15, -0.1) is 0 Å². The molecule has 0 unspecified atom stereocenters. The van der Waals surface area contributed by atoms with Crippen LogP contribution in [0.5, 0.6) is 6.01 Å². The quantitative estimate of drug-likeness (QED) is 0.790. The summed E-state index contributed by atoms with van der Waals surface area (Å²) in [5.41, 5.74) is 0. The molecule has 104 valence electrons. The minimum absolute atomic E-state index is 0.353. The summed E-state index contributed by atoms with van der Waals surface area (Å²) in [6.07, 6.45) is 5.33. The van der Waals surface area contributed by atoms with Gasteiger partial charge in [-0.3, -0.25) is 0 Å². The van der Waals surface area contributed by atoms with Crippen molar-refractivity contribution in [2.45, 2.75) is 26.2 Å². The van der Waals surface area contributed by atoms with Crippen LogP contribution in [0.2, 0.25) is 0 Å². The number of anilines is 2. The molecule has 2 rings (SSSR count). The van der Waals surface area contributed by atoms with E-state index in [2.05, 4.69) is 31.7 Å². The number of piperidine rings is 1. The Hall–Kier alpha value is -1.85. The molecule has 0 radical (unpaired) electrons. The van der Waals surface area contributed by atoms with E-state index in [1.54, 1.807) is 6.08 Å². The van der Waals surface area contributed by atoms with Crippen molar-refractivity contribution < 1.29 is 4.74 Å². The van der Waals surface area contributed by atoms with E-state index >= 15 is 0 Å². The summed E-state index contributed by atoms with van der Waals surface area (Å²) < 4.78 is 5.43. The Morgan fingerprint density at radius 3 is 2.74 bits per heavy atom. The van der Waals surface area contributed by atoms with Gasteiger partial charge in [0.1, 0.15) is 6.61 Å². The van der Waals surface area contributed by atoms with Gasteiger partial charge >= 0.3 is 6.01 Å². The van der Waals surface area contributed by atoms with Crippen LogP contribution in [0.4, 0.5) is 11.9 Å². The van der Waals surface area contributed by atoms with Crippen LogP contribution in [-0.2, 0) is 0 Å². The van der Waals surface area contributed by atoms with Gasteiger partial charge in [-0.05, 0) is 26.2 Å². The van der Waals surface area contributed by atoms with E-state index in [4.69, 9.17) is 4.74 Å². The highest BCUT2D eigenvalue weighted by atomic mass is 16.5. The second-order valence-corrected chi connectivity index (χ2v) is 4.42. The Bertz CT molecular complexity index is 417. The Kier molecular flexibility index (Phi) is 4.94. The van der Waals surface area contributed by atoms with Crippen LogP contribution < -0.4 is 15.0 Å². The molecule has 0 bridgehead atoms. The maximum Gasteiger partial charge on any atom is 0.323 e. The minimum atomic E-state index is 0.353. The molecule has 0 aliphatic carbocycles.